The van der Waals surface area contributed by atoms with Gasteiger partial charge in [0, 0.05) is 30.1 Å². The van der Waals surface area contributed by atoms with E-state index < -0.39 is 4.92 Å². The zero-order valence-corrected chi connectivity index (χ0v) is 12.1. The molecule has 8 heteroatoms. The Morgan fingerprint density at radius 2 is 2.29 bits per heavy atom. The molecule has 0 spiro atoms. The summed E-state index contributed by atoms with van der Waals surface area (Å²) in [6.07, 6.45) is 0. The van der Waals surface area contributed by atoms with Crippen LogP contribution in [-0.2, 0) is 13.1 Å². The van der Waals surface area contributed by atoms with Gasteiger partial charge in [0.2, 0.25) is 0 Å². The van der Waals surface area contributed by atoms with Gasteiger partial charge in [-0.3, -0.25) is 14.9 Å². The van der Waals surface area contributed by atoms with E-state index >= 15 is 0 Å². The summed E-state index contributed by atoms with van der Waals surface area (Å²) in [5.74, 6) is -0.322. The first-order valence-electron chi connectivity index (χ1n) is 6.18. The minimum absolute atomic E-state index is 0.0424. The highest BCUT2D eigenvalue weighted by Gasteiger charge is 2.15. The Kier molecular flexibility index (Phi) is 4.61. The van der Waals surface area contributed by atoms with Crippen LogP contribution in [0, 0.1) is 17.0 Å². The molecule has 110 valence electrons. The van der Waals surface area contributed by atoms with E-state index in [1.165, 1.54) is 17.4 Å². The summed E-state index contributed by atoms with van der Waals surface area (Å²) in [5, 5.41) is 15.9. The number of benzene rings is 1. The zero-order valence-electron chi connectivity index (χ0n) is 11.3. The third kappa shape index (κ3) is 3.41. The summed E-state index contributed by atoms with van der Waals surface area (Å²) in [7, 11) is 0. The first-order chi connectivity index (χ1) is 10.0. The number of carbonyl (C=O) groups excluding carboxylic acids is 1. The van der Waals surface area contributed by atoms with Crippen molar-refractivity contribution in [1.82, 2.24) is 10.3 Å². The first-order valence-corrected chi connectivity index (χ1v) is 7.06. The van der Waals surface area contributed by atoms with Crippen LogP contribution in [0.3, 0.4) is 0 Å². The van der Waals surface area contributed by atoms with Gasteiger partial charge in [0.25, 0.3) is 11.6 Å². The van der Waals surface area contributed by atoms with Crippen molar-refractivity contribution in [3.8, 4) is 0 Å². The van der Waals surface area contributed by atoms with Gasteiger partial charge in [0.1, 0.15) is 10.7 Å². The lowest BCUT2D eigenvalue weighted by Gasteiger charge is -2.07. The summed E-state index contributed by atoms with van der Waals surface area (Å²) >= 11 is 1.32. The summed E-state index contributed by atoms with van der Waals surface area (Å²) in [6, 6.07) is 4.78. The van der Waals surface area contributed by atoms with Gasteiger partial charge in [0.05, 0.1) is 4.92 Å². The predicted octanol–water partition coefficient (Wildman–Crippen LogP) is 1.75. The molecule has 0 aliphatic rings. The number of rotatable bonds is 5. The Labute approximate surface area is 125 Å². The molecule has 0 fully saturated rings. The van der Waals surface area contributed by atoms with Gasteiger partial charge in [-0.25, -0.2) is 4.98 Å². The second kappa shape index (κ2) is 6.42. The maximum absolute atomic E-state index is 11.9. The fourth-order valence-corrected chi connectivity index (χ4v) is 2.49. The molecule has 0 radical (unpaired) electrons. The van der Waals surface area contributed by atoms with Gasteiger partial charge >= 0.3 is 0 Å². The molecule has 0 unspecified atom stereocenters. The molecule has 2 aromatic rings. The van der Waals surface area contributed by atoms with E-state index in [0.717, 1.165) is 0 Å². The van der Waals surface area contributed by atoms with Crippen LogP contribution in [0.25, 0.3) is 0 Å². The fraction of sp³-hybridized carbons (Fsp3) is 0.231. The Morgan fingerprint density at radius 3 is 2.90 bits per heavy atom. The van der Waals surface area contributed by atoms with E-state index in [2.05, 4.69) is 10.3 Å². The highest BCUT2D eigenvalue weighted by atomic mass is 32.1. The minimum atomic E-state index is -0.436. The molecule has 0 aliphatic heterocycles. The average molecular weight is 306 g/mol. The van der Waals surface area contributed by atoms with Crippen LogP contribution in [-0.4, -0.2) is 15.8 Å². The molecule has 3 N–H and O–H groups in total. The number of thiazole rings is 1. The quantitative estimate of drug-likeness (QED) is 0.645. The van der Waals surface area contributed by atoms with Crippen LogP contribution in [0.1, 0.15) is 26.6 Å². The molecule has 21 heavy (non-hydrogen) atoms. The van der Waals surface area contributed by atoms with Crippen molar-refractivity contribution in [3.63, 3.8) is 0 Å². The average Bonchev–Trinajstić information content (AvgIpc) is 2.94. The Morgan fingerprint density at radius 1 is 1.52 bits per heavy atom. The van der Waals surface area contributed by atoms with Crippen molar-refractivity contribution >= 4 is 22.9 Å². The maximum Gasteiger partial charge on any atom is 0.272 e. The number of hydrogen-bond donors (Lipinski definition) is 2. The monoisotopic (exact) mass is 306 g/mol. The predicted molar refractivity (Wildman–Crippen MR) is 79.0 cm³/mol. The largest absolute Gasteiger partial charge is 0.347 e. The number of nitro benzene ring substituents is 1. The summed E-state index contributed by atoms with van der Waals surface area (Å²) < 4.78 is 0. The fourth-order valence-electron chi connectivity index (χ4n) is 1.83. The Hall–Kier alpha value is -2.32. The van der Waals surface area contributed by atoms with Crippen molar-refractivity contribution in [1.29, 1.82) is 0 Å². The van der Waals surface area contributed by atoms with Crippen LogP contribution in [0.4, 0.5) is 5.69 Å². The van der Waals surface area contributed by atoms with E-state index in [1.54, 1.807) is 24.4 Å². The normalized spacial score (nSPS) is 10.4. The smallest absolute Gasteiger partial charge is 0.272 e. The molecule has 1 amide bonds. The highest BCUT2D eigenvalue weighted by Crippen LogP contribution is 2.21. The van der Waals surface area contributed by atoms with Crippen molar-refractivity contribution in [2.24, 2.45) is 5.73 Å². The number of carbonyl (C=O) groups is 1. The molecule has 1 aromatic heterocycles. The van der Waals surface area contributed by atoms with Gasteiger partial charge in [-0.15, -0.1) is 11.3 Å². The van der Waals surface area contributed by atoms with Gasteiger partial charge in [-0.1, -0.05) is 12.1 Å². The lowest BCUT2D eigenvalue weighted by atomic mass is 10.1. The van der Waals surface area contributed by atoms with Crippen LogP contribution in [0.2, 0.25) is 0 Å². The van der Waals surface area contributed by atoms with Gasteiger partial charge in [-0.2, -0.15) is 0 Å². The van der Waals surface area contributed by atoms with Gasteiger partial charge in [0.15, 0.2) is 0 Å². The SMILES string of the molecule is Cc1c(CNC(=O)c2csc(CN)n2)cccc1[N+](=O)[O-]. The number of hydrogen-bond acceptors (Lipinski definition) is 6. The molecular formula is C13H14N4O3S. The molecule has 1 aromatic carbocycles. The number of amides is 1. The van der Waals surface area contributed by atoms with E-state index in [1.807, 2.05) is 0 Å². The third-order valence-corrected chi connectivity index (χ3v) is 3.88. The topological polar surface area (TPSA) is 111 Å². The molecule has 0 aliphatic carbocycles. The maximum atomic E-state index is 11.9. The number of nitrogens with zero attached hydrogens (tertiary/aromatic N) is 2. The summed E-state index contributed by atoms with van der Waals surface area (Å²) in [6.45, 7) is 2.17. The van der Waals surface area contributed by atoms with Crippen LogP contribution in [0.5, 0.6) is 0 Å². The minimum Gasteiger partial charge on any atom is -0.347 e. The van der Waals surface area contributed by atoms with Gasteiger partial charge < -0.3 is 11.1 Å². The Balaban J connectivity index is 2.08. The number of nitro groups is 1. The molecule has 7 nitrogen and oxygen atoms in total. The lowest BCUT2D eigenvalue weighted by Crippen LogP contribution is -2.23. The van der Waals surface area contributed by atoms with Crippen molar-refractivity contribution in [2.45, 2.75) is 20.0 Å². The molecule has 0 saturated carbocycles. The van der Waals surface area contributed by atoms with Crippen LogP contribution in [0.15, 0.2) is 23.6 Å². The van der Waals surface area contributed by atoms with E-state index in [0.29, 0.717) is 28.4 Å². The van der Waals surface area contributed by atoms with E-state index in [-0.39, 0.29) is 18.1 Å². The third-order valence-electron chi connectivity index (χ3n) is 3.01. The standard InChI is InChI=1S/C13H14N4O3S/c1-8-9(3-2-4-11(8)17(19)20)6-15-13(18)10-7-21-12(5-14)16-10/h2-4,7H,5-6,14H2,1H3,(H,15,18). The molecule has 2 rings (SSSR count). The Bertz CT molecular complexity index is 684. The molecular weight excluding hydrogens is 292 g/mol. The molecule has 0 atom stereocenters. The number of aromatic nitrogens is 1. The molecule has 1 heterocycles. The van der Waals surface area contributed by atoms with Crippen LogP contribution >= 0.6 is 11.3 Å². The van der Waals surface area contributed by atoms with Crippen LogP contribution < -0.4 is 11.1 Å². The highest BCUT2D eigenvalue weighted by molar-refractivity contribution is 7.09. The van der Waals surface area contributed by atoms with Crippen molar-refractivity contribution in [3.05, 3.63) is 55.5 Å². The van der Waals surface area contributed by atoms with Gasteiger partial charge in [-0.05, 0) is 12.5 Å². The zero-order chi connectivity index (χ0) is 15.4. The van der Waals surface area contributed by atoms with Crippen molar-refractivity contribution in [2.75, 3.05) is 0 Å². The first kappa shape index (κ1) is 15.1. The van der Waals surface area contributed by atoms with E-state index in [4.69, 9.17) is 5.73 Å². The number of nitrogens with two attached hydrogens (primary N) is 1. The summed E-state index contributed by atoms with van der Waals surface area (Å²) in [4.78, 5) is 26.4. The second-order valence-electron chi connectivity index (χ2n) is 4.33. The molecule has 0 saturated heterocycles. The van der Waals surface area contributed by atoms with E-state index in [9.17, 15) is 14.9 Å². The molecule has 0 bridgehead atoms. The van der Waals surface area contributed by atoms with Crippen molar-refractivity contribution < 1.29 is 9.72 Å². The number of nitrogens with one attached hydrogen (secondary N) is 1. The summed E-state index contributed by atoms with van der Waals surface area (Å²) in [5.41, 5.74) is 7.04. The second-order valence-corrected chi connectivity index (χ2v) is 5.27. The lowest BCUT2D eigenvalue weighted by molar-refractivity contribution is -0.385.